The number of nitrogens with one attached hydrogen (secondary N) is 1. The van der Waals surface area contributed by atoms with Crippen molar-refractivity contribution in [3.8, 4) is 0 Å². The molecule has 2 aromatic heterocycles. The van der Waals surface area contributed by atoms with Gasteiger partial charge in [0.25, 0.3) is 5.91 Å². The van der Waals surface area contributed by atoms with E-state index in [0.29, 0.717) is 18.2 Å². The zero-order chi connectivity index (χ0) is 17.7. The largest absolute Gasteiger partial charge is 0.348 e. The molecule has 2 rings (SSSR count). The van der Waals surface area contributed by atoms with E-state index >= 15 is 0 Å². The van der Waals surface area contributed by atoms with Gasteiger partial charge in [-0.2, -0.15) is 5.10 Å². The molecule has 0 unspecified atom stereocenters. The van der Waals surface area contributed by atoms with Crippen LogP contribution in [0.2, 0.25) is 0 Å². The molecule has 0 radical (unpaired) electrons. The number of carbonyl (C=O) groups is 1. The number of amides is 1. The predicted octanol–water partition coefficient (Wildman–Crippen LogP) is 3.17. The number of aryl methyl sites for hydroxylation is 2. The van der Waals surface area contributed by atoms with Gasteiger partial charge in [0, 0.05) is 30.9 Å². The summed E-state index contributed by atoms with van der Waals surface area (Å²) in [7, 11) is 0. The number of pyridine rings is 1. The fraction of sp³-hybridized carbons (Fsp3) is 0.526. The van der Waals surface area contributed by atoms with Gasteiger partial charge in [-0.1, -0.05) is 19.9 Å². The number of hydrogen-bond acceptors (Lipinski definition) is 3. The molecule has 130 valence electrons. The summed E-state index contributed by atoms with van der Waals surface area (Å²) >= 11 is 0. The van der Waals surface area contributed by atoms with Crippen LogP contribution in [0.25, 0.3) is 0 Å². The number of hydrogen-bond donors (Lipinski definition) is 1. The SMILES string of the molecule is CCn1nc(CC(C)C)cc1C(=O)N[C@H](C)Cc1ncccc1C. The van der Waals surface area contributed by atoms with Gasteiger partial charge in [0.2, 0.25) is 0 Å². The lowest BCUT2D eigenvalue weighted by Gasteiger charge is -2.15. The van der Waals surface area contributed by atoms with Crippen LogP contribution in [0.4, 0.5) is 0 Å². The first-order valence-electron chi connectivity index (χ1n) is 8.68. The van der Waals surface area contributed by atoms with Gasteiger partial charge in [0.05, 0.1) is 5.69 Å². The molecule has 0 aliphatic heterocycles. The van der Waals surface area contributed by atoms with Crippen LogP contribution in [0.3, 0.4) is 0 Å². The molecular weight excluding hydrogens is 300 g/mol. The number of carbonyl (C=O) groups excluding carboxylic acids is 1. The highest BCUT2D eigenvalue weighted by Gasteiger charge is 2.17. The third-order valence-corrected chi connectivity index (χ3v) is 3.98. The first kappa shape index (κ1) is 18.2. The van der Waals surface area contributed by atoms with Gasteiger partial charge in [0.1, 0.15) is 5.69 Å². The minimum absolute atomic E-state index is 0.0138. The van der Waals surface area contributed by atoms with Crippen molar-refractivity contribution >= 4 is 5.91 Å². The monoisotopic (exact) mass is 328 g/mol. The Labute approximate surface area is 144 Å². The Morgan fingerprint density at radius 1 is 1.29 bits per heavy atom. The number of nitrogens with zero attached hydrogens (tertiary/aromatic N) is 3. The zero-order valence-electron chi connectivity index (χ0n) is 15.3. The first-order valence-corrected chi connectivity index (χ1v) is 8.68. The molecule has 2 aromatic rings. The van der Waals surface area contributed by atoms with Crippen LogP contribution in [0.1, 0.15) is 55.1 Å². The maximum Gasteiger partial charge on any atom is 0.269 e. The predicted molar refractivity (Wildman–Crippen MR) is 96.0 cm³/mol. The molecule has 24 heavy (non-hydrogen) atoms. The summed E-state index contributed by atoms with van der Waals surface area (Å²) in [6, 6.07) is 5.90. The van der Waals surface area contributed by atoms with Gasteiger partial charge in [0.15, 0.2) is 0 Å². The lowest BCUT2D eigenvalue weighted by Crippen LogP contribution is -2.35. The second kappa shape index (κ2) is 8.08. The topological polar surface area (TPSA) is 59.8 Å². The molecule has 1 N–H and O–H groups in total. The van der Waals surface area contributed by atoms with Crippen LogP contribution >= 0.6 is 0 Å². The van der Waals surface area contributed by atoms with Crippen LogP contribution in [0.5, 0.6) is 0 Å². The van der Waals surface area contributed by atoms with E-state index in [9.17, 15) is 4.79 Å². The Morgan fingerprint density at radius 2 is 2.04 bits per heavy atom. The summed E-state index contributed by atoms with van der Waals surface area (Å²) in [5.74, 6) is 0.451. The number of aromatic nitrogens is 3. The molecule has 2 heterocycles. The van der Waals surface area contributed by atoms with Crippen LogP contribution in [-0.4, -0.2) is 26.7 Å². The average molecular weight is 328 g/mol. The first-order chi connectivity index (χ1) is 11.4. The van der Waals surface area contributed by atoms with Crippen molar-refractivity contribution in [3.63, 3.8) is 0 Å². The second-order valence-corrected chi connectivity index (χ2v) is 6.78. The molecule has 1 amide bonds. The van der Waals surface area contributed by atoms with Gasteiger partial charge in [-0.15, -0.1) is 0 Å². The van der Waals surface area contributed by atoms with Gasteiger partial charge < -0.3 is 5.32 Å². The summed E-state index contributed by atoms with van der Waals surface area (Å²) in [5.41, 5.74) is 3.79. The Hall–Kier alpha value is -2.17. The van der Waals surface area contributed by atoms with Crippen molar-refractivity contribution < 1.29 is 4.79 Å². The lowest BCUT2D eigenvalue weighted by molar-refractivity contribution is 0.0929. The lowest BCUT2D eigenvalue weighted by atomic mass is 10.1. The van der Waals surface area contributed by atoms with Crippen LogP contribution in [0.15, 0.2) is 24.4 Å². The van der Waals surface area contributed by atoms with Crippen LogP contribution in [-0.2, 0) is 19.4 Å². The van der Waals surface area contributed by atoms with E-state index in [1.807, 2.05) is 39.0 Å². The fourth-order valence-corrected chi connectivity index (χ4v) is 2.78. The molecule has 5 nitrogen and oxygen atoms in total. The van der Waals surface area contributed by atoms with Crippen LogP contribution in [0, 0.1) is 12.8 Å². The van der Waals surface area contributed by atoms with E-state index in [4.69, 9.17) is 0 Å². The van der Waals surface area contributed by atoms with E-state index in [1.54, 1.807) is 10.9 Å². The maximum absolute atomic E-state index is 12.6. The Bertz CT molecular complexity index is 690. The zero-order valence-corrected chi connectivity index (χ0v) is 15.3. The van der Waals surface area contributed by atoms with E-state index in [1.165, 1.54) is 0 Å². The smallest absolute Gasteiger partial charge is 0.269 e. The minimum Gasteiger partial charge on any atom is -0.348 e. The third kappa shape index (κ3) is 4.66. The van der Waals surface area contributed by atoms with Gasteiger partial charge in [-0.05, 0) is 50.8 Å². The van der Waals surface area contributed by atoms with Crippen molar-refractivity contribution in [2.45, 2.75) is 60.0 Å². The molecular formula is C19H28N4O. The summed E-state index contributed by atoms with van der Waals surface area (Å²) in [4.78, 5) is 17.0. The van der Waals surface area contributed by atoms with Gasteiger partial charge in [-0.3, -0.25) is 14.5 Å². The molecule has 0 saturated heterocycles. The van der Waals surface area contributed by atoms with Gasteiger partial charge in [-0.25, -0.2) is 0 Å². The highest BCUT2D eigenvalue weighted by molar-refractivity contribution is 5.92. The molecule has 0 aliphatic rings. The minimum atomic E-state index is -0.0690. The molecule has 0 aromatic carbocycles. The van der Waals surface area contributed by atoms with Crippen molar-refractivity contribution in [2.24, 2.45) is 5.92 Å². The highest BCUT2D eigenvalue weighted by atomic mass is 16.2. The van der Waals surface area contributed by atoms with Gasteiger partial charge >= 0.3 is 0 Å². The quantitative estimate of drug-likeness (QED) is 0.849. The third-order valence-electron chi connectivity index (χ3n) is 3.98. The Morgan fingerprint density at radius 3 is 2.67 bits per heavy atom. The molecule has 0 spiro atoms. The second-order valence-electron chi connectivity index (χ2n) is 6.78. The number of rotatable bonds is 7. The summed E-state index contributed by atoms with van der Waals surface area (Å²) in [5, 5.41) is 7.61. The fourth-order valence-electron chi connectivity index (χ4n) is 2.78. The standard InChI is InChI=1S/C19H28N4O/c1-6-23-18(12-16(22-23)10-13(2)3)19(24)21-15(5)11-17-14(4)8-7-9-20-17/h7-9,12-13,15H,6,10-11H2,1-5H3,(H,21,24)/t15-/m1/s1. The normalized spacial score (nSPS) is 12.4. The van der Waals surface area contributed by atoms with E-state index in [2.05, 4.69) is 29.2 Å². The summed E-state index contributed by atoms with van der Waals surface area (Å²) in [6.45, 7) is 11.1. The van der Waals surface area contributed by atoms with E-state index in [0.717, 1.165) is 29.8 Å². The van der Waals surface area contributed by atoms with Crippen molar-refractivity contribution in [1.29, 1.82) is 0 Å². The molecule has 0 aliphatic carbocycles. The van der Waals surface area contributed by atoms with Crippen LogP contribution < -0.4 is 5.32 Å². The molecule has 1 atom stereocenters. The molecule has 0 bridgehead atoms. The Kier molecular flexibility index (Phi) is 6.12. The summed E-state index contributed by atoms with van der Waals surface area (Å²) in [6.07, 6.45) is 3.40. The highest BCUT2D eigenvalue weighted by Crippen LogP contribution is 2.11. The van der Waals surface area contributed by atoms with E-state index < -0.39 is 0 Å². The van der Waals surface area contributed by atoms with Crippen molar-refractivity contribution in [2.75, 3.05) is 0 Å². The van der Waals surface area contributed by atoms with E-state index in [-0.39, 0.29) is 11.9 Å². The van der Waals surface area contributed by atoms with Crippen molar-refractivity contribution in [1.82, 2.24) is 20.1 Å². The average Bonchev–Trinajstić information content (AvgIpc) is 2.91. The molecule has 0 fully saturated rings. The molecule has 5 heteroatoms. The maximum atomic E-state index is 12.6. The Balaban J connectivity index is 2.06. The summed E-state index contributed by atoms with van der Waals surface area (Å²) < 4.78 is 1.78. The van der Waals surface area contributed by atoms with Crippen molar-refractivity contribution in [3.05, 3.63) is 47.0 Å². The molecule has 0 saturated carbocycles.